The molecule has 2 aromatic carbocycles. The van der Waals surface area contributed by atoms with Gasteiger partial charge in [0.1, 0.15) is 11.4 Å². The number of hydrogen-bond acceptors (Lipinski definition) is 5. The van der Waals surface area contributed by atoms with Crippen molar-refractivity contribution in [1.82, 2.24) is 9.80 Å². The van der Waals surface area contributed by atoms with Crippen LogP contribution in [0.4, 0.5) is 5.69 Å². The molecule has 0 spiro atoms. The number of para-hydroxylation sites is 1. The molecular weight excluding hydrogens is 394 g/mol. The molecule has 2 aliphatic heterocycles. The van der Waals surface area contributed by atoms with E-state index in [0.717, 1.165) is 31.5 Å². The van der Waals surface area contributed by atoms with Crippen LogP contribution in [0, 0.1) is 0 Å². The minimum atomic E-state index is -0.315. The number of rotatable bonds is 6. The lowest BCUT2D eigenvalue weighted by Gasteiger charge is -2.20. The minimum Gasteiger partial charge on any atom is -0.496 e. The van der Waals surface area contributed by atoms with Crippen LogP contribution in [0.25, 0.3) is 5.57 Å². The van der Waals surface area contributed by atoms with Crippen molar-refractivity contribution in [3.8, 4) is 5.75 Å². The van der Waals surface area contributed by atoms with Crippen LogP contribution in [0.3, 0.4) is 0 Å². The van der Waals surface area contributed by atoms with Crippen LogP contribution in [-0.2, 0) is 20.9 Å². The van der Waals surface area contributed by atoms with Crippen LogP contribution in [0.15, 0.2) is 54.2 Å². The lowest BCUT2D eigenvalue weighted by molar-refractivity contribution is -0.138. The van der Waals surface area contributed by atoms with E-state index in [1.165, 1.54) is 11.8 Å². The second kappa shape index (κ2) is 8.63. The van der Waals surface area contributed by atoms with E-state index in [1.807, 2.05) is 29.2 Å². The van der Waals surface area contributed by atoms with Crippen molar-refractivity contribution in [1.29, 1.82) is 0 Å². The van der Waals surface area contributed by atoms with Gasteiger partial charge in [-0.15, -0.1) is 0 Å². The summed E-state index contributed by atoms with van der Waals surface area (Å²) in [6, 6.07) is 14.4. The predicted octanol–water partition coefficient (Wildman–Crippen LogP) is 3.03. The molecule has 4 rings (SSSR count). The van der Waals surface area contributed by atoms with Crippen LogP contribution >= 0.6 is 0 Å². The molecule has 31 heavy (non-hydrogen) atoms. The molecule has 0 saturated carbocycles. The van der Waals surface area contributed by atoms with Gasteiger partial charge in [-0.05, 0) is 36.6 Å². The highest BCUT2D eigenvalue weighted by Crippen LogP contribution is 2.35. The summed E-state index contributed by atoms with van der Waals surface area (Å²) in [6.07, 6.45) is 1.98. The Labute approximate surface area is 181 Å². The Morgan fingerprint density at radius 3 is 2.32 bits per heavy atom. The number of nitrogens with one attached hydrogen (secondary N) is 1. The first kappa shape index (κ1) is 20.7. The molecule has 2 heterocycles. The van der Waals surface area contributed by atoms with Gasteiger partial charge in [0.2, 0.25) is 5.91 Å². The number of carbonyl (C=O) groups excluding carboxylic acids is 3. The molecule has 1 saturated heterocycles. The van der Waals surface area contributed by atoms with Crippen LogP contribution in [-0.4, -0.2) is 47.7 Å². The largest absolute Gasteiger partial charge is 0.496 e. The van der Waals surface area contributed by atoms with Crippen molar-refractivity contribution in [2.75, 3.05) is 25.5 Å². The summed E-state index contributed by atoms with van der Waals surface area (Å²) in [7, 11) is 1.57. The van der Waals surface area contributed by atoms with Gasteiger partial charge in [-0.2, -0.15) is 0 Å². The molecule has 2 aliphatic rings. The third kappa shape index (κ3) is 4.03. The summed E-state index contributed by atoms with van der Waals surface area (Å²) in [4.78, 5) is 41.5. The first-order valence-electron chi connectivity index (χ1n) is 10.3. The van der Waals surface area contributed by atoms with Crippen LogP contribution in [0.1, 0.15) is 30.9 Å². The fourth-order valence-corrected chi connectivity index (χ4v) is 4.13. The van der Waals surface area contributed by atoms with E-state index in [9.17, 15) is 14.4 Å². The molecule has 1 N–H and O–H groups in total. The molecule has 0 aromatic heterocycles. The lowest BCUT2D eigenvalue weighted by atomic mass is 10.0. The molecule has 0 atom stereocenters. The number of imide groups is 1. The fraction of sp³-hybridized carbons (Fsp3) is 0.292. The number of hydrogen-bond donors (Lipinski definition) is 1. The highest BCUT2D eigenvalue weighted by atomic mass is 16.5. The number of nitrogens with zero attached hydrogens (tertiary/aromatic N) is 2. The molecule has 0 bridgehead atoms. The zero-order chi connectivity index (χ0) is 22.0. The van der Waals surface area contributed by atoms with Crippen molar-refractivity contribution in [3.63, 3.8) is 0 Å². The fourth-order valence-electron chi connectivity index (χ4n) is 4.13. The number of carbonyl (C=O) groups is 3. The molecule has 0 unspecified atom stereocenters. The predicted molar refractivity (Wildman–Crippen MR) is 117 cm³/mol. The molecule has 1 fully saturated rings. The van der Waals surface area contributed by atoms with Crippen molar-refractivity contribution >= 4 is 29.0 Å². The molecule has 0 radical (unpaired) electrons. The monoisotopic (exact) mass is 419 g/mol. The van der Waals surface area contributed by atoms with E-state index in [2.05, 4.69) is 5.32 Å². The zero-order valence-corrected chi connectivity index (χ0v) is 17.7. The molecule has 7 heteroatoms. The number of anilines is 1. The first-order valence-corrected chi connectivity index (χ1v) is 10.3. The maximum absolute atomic E-state index is 13.5. The second-order valence-electron chi connectivity index (χ2n) is 7.68. The highest BCUT2D eigenvalue weighted by molar-refractivity contribution is 6.35. The first-order chi connectivity index (χ1) is 15.0. The zero-order valence-electron chi connectivity index (χ0n) is 17.7. The van der Waals surface area contributed by atoms with Crippen molar-refractivity contribution in [3.05, 3.63) is 65.4 Å². The summed E-state index contributed by atoms with van der Waals surface area (Å²) >= 11 is 0. The van der Waals surface area contributed by atoms with Gasteiger partial charge in [-0.25, -0.2) is 0 Å². The Bertz CT molecular complexity index is 1050. The number of ether oxygens (including phenoxy) is 1. The lowest BCUT2D eigenvalue weighted by Crippen LogP contribution is -2.34. The van der Waals surface area contributed by atoms with E-state index in [4.69, 9.17) is 4.74 Å². The summed E-state index contributed by atoms with van der Waals surface area (Å²) in [5.41, 5.74) is 2.95. The molecule has 3 amide bonds. The van der Waals surface area contributed by atoms with E-state index in [1.54, 1.807) is 31.4 Å². The number of likely N-dealkylation sites (tertiary alicyclic amines) is 1. The van der Waals surface area contributed by atoms with Gasteiger partial charge in [0, 0.05) is 31.3 Å². The van der Waals surface area contributed by atoms with Gasteiger partial charge < -0.3 is 15.0 Å². The summed E-state index contributed by atoms with van der Waals surface area (Å²) < 4.78 is 5.40. The third-order valence-electron chi connectivity index (χ3n) is 5.58. The summed E-state index contributed by atoms with van der Waals surface area (Å²) in [6.45, 7) is 3.10. The van der Waals surface area contributed by atoms with E-state index in [0.29, 0.717) is 28.3 Å². The van der Waals surface area contributed by atoms with Crippen molar-refractivity contribution < 1.29 is 19.1 Å². The maximum Gasteiger partial charge on any atom is 0.278 e. The van der Waals surface area contributed by atoms with Gasteiger partial charge in [0.05, 0.1) is 19.2 Å². The average Bonchev–Trinajstić information content (AvgIpc) is 3.37. The normalized spacial score (nSPS) is 16.3. The van der Waals surface area contributed by atoms with Gasteiger partial charge in [0.25, 0.3) is 11.8 Å². The van der Waals surface area contributed by atoms with Crippen LogP contribution in [0.5, 0.6) is 5.75 Å². The highest BCUT2D eigenvalue weighted by Gasteiger charge is 2.42. The van der Waals surface area contributed by atoms with Gasteiger partial charge >= 0.3 is 0 Å². The van der Waals surface area contributed by atoms with Crippen molar-refractivity contribution in [2.45, 2.75) is 26.3 Å². The van der Waals surface area contributed by atoms with Gasteiger partial charge in [0.15, 0.2) is 0 Å². The number of methoxy groups -OCH3 is 1. The van der Waals surface area contributed by atoms with Gasteiger partial charge in [-0.3, -0.25) is 19.3 Å². The minimum absolute atomic E-state index is 0.145. The molecule has 0 aliphatic carbocycles. The number of benzene rings is 2. The Hall–Kier alpha value is -3.61. The quantitative estimate of drug-likeness (QED) is 0.728. The van der Waals surface area contributed by atoms with Gasteiger partial charge in [-0.1, -0.05) is 30.3 Å². The Kier molecular flexibility index (Phi) is 5.75. The summed E-state index contributed by atoms with van der Waals surface area (Å²) in [5, 5.41) is 2.72. The smallest absolute Gasteiger partial charge is 0.278 e. The molecule has 2 aromatic rings. The second-order valence-corrected chi connectivity index (χ2v) is 7.68. The standard InChI is InChI=1S/C24H25N3O4/c1-16(28)25-19-11-9-17(10-12-19)21-22(26-13-5-6-14-26)24(30)27(23(21)29)15-18-7-3-4-8-20(18)31-2/h3-4,7-12H,5-6,13-15H2,1-2H3,(H,25,28). The Balaban J connectivity index is 1.70. The number of amides is 3. The van der Waals surface area contributed by atoms with E-state index in [-0.39, 0.29) is 24.3 Å². The van der Waals surface area contributed by atoms with Crippen LogP contribution in [0.2, 0.25) is 0 Å². The SMILES string of the molecule is COc1ccccc1CN1C(=O)C(c2ccc(NC(C)=O)cc2)=C(N2CCCC2)C1=O. The average molecular weight is 419 g/mol. The van der Waals surface area contributed by atoms with E-state index >= 15 is 0 Å². The Morgan fingerprint density at radius 1 is 1.00 bits per heavy atom. The third-order valence-corrected chi connectivity index (χ3v) is 5.58. The Morgan fingerprint density at radius 2 is 1.68 bits per heavy atom. The van der Waals surface area contributed by atoms with Crippen LogP contribution < -0.4 is 10.1 Å². The molecule has 160 valence electrons. The topological polar surface area (TPSA) is 79.0 Å². The van der Waals surface area contributed by atoms with Crippen molar-refractivity contribution in [2.24, 2.45) is 0 Å². The maximum atomic E-state index is 13.5. The molecular formula is C24H25N3O4. The summed E-state index contributed by atoms with van der Waals surface area (Å²) in [5.74, 6) is -0.123. The molecule has 7 nitrogen and oxygen atoms in total. The van der Waals surface area contributed by atoms with E-state index < -0.39 is 0 Å².